The van der Waals surface area contributed by atoms with Crippen LogP contribution in [-0.4, -0.2) is 25.4 Å². The summed E-state index contributed by atoms with van der Waals surface area (Å²) in [6, 6.07) is 13.6. The molecule has 1 aromatic carbocycles. The summed E-state index contributed by atoms with van der Waals surface area (Å²) in [7, 11) is 0. The van der Waals surface area contributed by atoms with E-state index in [1.165, 1.54) is 11.3 Å². The molecule has 24 heavy (non-hydrogen) atoms. The van der Waals surface area contributed by atoms with Crippen LogP contribution in [0.3, 0.4) is 0 Å². The zero-order valence-corrected chi connectivity index (χ0v) is 13.4. The zero-order chi connectivity index (χ0) is 16.5. The average Bonchev–Trinajstić information content (AvgIpc) is 3.16. The summed E-state index contributed by atoms with van der Waals surface area (Å²) >= 11 is 1.50. The lowest BCUT2D eigenvalue weighted by molar-refractivity contribution is -0.136. The lowest BCUT2D eigenvalue weighted by Crippen LogP contribution is -2.05. The smallest absolute Gasteiger partial charge is 0.309 e. The molecular weight excluding hydrogens is 322 g/mol. The van der Waals surface area contributed by atoms with Crippen LogP contribution in [0.2, 0.25) is 0 Å². The number of thiazole rings is 1. The summed E-state index contributed by atoms with van der Waals surface area (Å²) in [6.07, 6.45) is 3.30. The van der Waals surface area contributed by atoms with Gasteiger partial charge in [0.15, 0.2) is 4.96 Å². The molecule has 0 unspecified atom stereocenters. The van der Waals surface area contributed by atoms with Crippen LogP contribution in [0.15, 0.2) is 60.2 Å². The number of hydrogen-bond donors (Lipinski definition) is 1. The first-order chi connectivity index (χ1) is 11.7. The molecule has 0 aliphatic carbocycles. The van der Waals surface area contributed by atoms with Gasteiger partial charge in [0.1, 0.15) is 0 Å². The monoisotopic (exact) mass is 335 g/mol. The number of hydrogen-bond acceptors (Lipinski definition) is 4. The highest BCUT2D eigenvalue weighted by Gasteiger charge is 2.20. The minimum Gasteiger partial charge on any atom is -0.481 e. The van der Waals surface area contributed by atoms with Crippen molar-refractivity contribution in [1.82, 2.24) is 14.4 Å². The van der Waals surface area contributed by atoms with Crippen LogP contribution in [-0.2, 0) is 11.2 Å². The summed E-state index contributed by atoms with van der Waals surface area (Å²) in [5.41, 5.74) is 4.16. The Labute approximate surface area is 141 Å². The van der Waals surface area contributed by atoms with E-state index in [-0.39, 0.29) is 6.42 Å². The molecule has 0 aliphatic rings. The molecule has 5 nitrogen and oxygen atoms in total. The first-order valence-electron chi connectivity index (χ1n) is 7.40. The minimum atomic E-state index is -0.882. The SMILES string of the molecule is O=C(O)Cc1c(-c2cccnc2)nc2scc(-c3ccccc3)n12. The molecule has 6 heteroatoms. The van der Waals surface area contributed by atoms with Gasteiger partial charge in [-0.05, 0) is 17.7 Å². The maximum absolute atomic E-state index is 11.4. The highest BCUT2D eigenvalue weighted by Crippen LogP contribution is 2.32. The Morgan fingerprint density at radius 3 is 2.62 bits per heavy atom. The second kappa shape index (κ2) is 5.90. The Hall–Kier alpha value is -2.99. The molecular formula is C18H13N3O2S. The predicted octanol–water partition coefficient (Wildman–Crippen LogP) is 3.75. The number of carboxylic acids is 1. The van der Waals surface area contributed by atoms with E-state index in [2.05, 4.69) is 9.97 Å². The van der Waals surface area contributed by atoms with Crippen molar-refractivity contribution in [2.45, 2.75) is 6.42 Å². The van der Waals surface area contributed by atoms with Crippen molar-refractivity contribution in [3.63, 3.8) is 0 Å². The van der Waals surface area contributed by atoms with Crippen molar-refractivity contribution >= 4 is 22.3 Å². The number of aromatic nitrogens is 3. The van der Waals surface area contributed by atoms with Crippen LogP contribution in [0.25, 0.3) is 27.5 Å². The van der Waals surface area contributed by atoms with Crippen molar-refractivity contribution in [3.05, 3.63) is 65.9 Å². The van der Waals surface area contributed by atoms with Crippen molar-refractivity contribution in [1.29, 1.82) is 0 Å². The number of carboxylic acid groups (broad SMARTS) is 1. The van der Waals surface area contributed by atoms with Crippen molar-refractivity contribution in [3.8, 4) is 22.5 Å². The Morgan fingerprint density at radius 1 is 1.12 bits per heavy atom. The molecule has 0 atom stereocenters. The quantitative estimate of drug-likeness (QED) is 0.617. The van der Waals surface area contributed by atoms with Gasteiger partial charge >= 0.3 is 5.97 Å². The largest absolute Gasteiger partial charge is 0.481 e. The van der Waals surface area contributed by atoms with Gasteiger partial charge in [0.2, 0.25) is 0 Å². The van der Waals surface area contributed by atoms with Gasteiger partial charge in [0.05, 0.1) is 23.5 Å². The number of nitrogens with zero attached hydrogens (tertiary/aromatic N) is 3. The second-order valence-corrected chi connectivity index (χ2v) is 6.16. The third-order valence-corrected chi connectivity index (χ3v) is 4.61. The molecule has 118 valence electrons. The van der Waals surface area contributed by atoms with Crippen LogP contribution in [0.1, 0.15) is 5.69 Å². The average molecular weight is 335 g/mol. The minimum absolute atomic E-state index is 0.0953. The number of rotatable bonds is 4. The molecule has 3 heterocycles. The molecule has 4 aromatic rings. The Kier molecular flexibility index (Phi) is 3.59. The van der Waals surface area contributed by atoms with Gasteiger partial charge in [-0.3, -0.25) is 14.2 Å². The molecule has 0 aliphatic heterocycles. The van der Waals surface area contributed by atoms with Crippen molar-refractivity contribution in [2.24, 2.45) is 0 Å². The van der Waals surface area contributed by atoms with E-state index in [1.54, 1.807) is 12.4 Å². The summed E-state index contributed by atoms with van der Waals surface area (Å²) < 4.78 is 1.94. The van der Waals surface area contributed by atoms with Crippen molar-refractivity contribution < 1.29 is 9.90 Å². The topological polar surface area (TPSA) is 67.5 Å². The van der Waals surface area contributed by atoms with Gasteiger partial charge < -0.3 is 5.11 Å². The van der Waals surface area contributed by atoms with E-state index >= 15 is 0 Å². The molecule has 3 aromatic heterocycles. The highest BCUT2D eigenvalue weighted by atomic mass is 32.1. The number of pyridine rings is 1. The van der Waals surface area contributed by atoms with Gasteiger partial charge in [-0.25, -0.2) is 4.98 Å². The summed E-state index contributed by atoms with van der Waals surface area (Å²) in [6.45, 7) is 0. The normalized spacial score (nSPS) is 11.0. The fourth-order valence-corrected chi connectivity index (χ4v) is 3.68. The molecule has 0 saturated heterocycles. The molecule has 0 saturated carbocycles. The first kappa shape index (κ1) is 14.6. The fourth-order valence-electron chi connectivity index (χ4n) is 2.77. The number of carbonyl (C=O) groups is 1. The van der Waals surface area contributed by atoms with E-state index in [9.17, 15) is 9.90 Å². The third-order valence-electron chi connectivity index (χ3n) is 3.78. The van der Waals surface area contributed by atoms with E-state index < -0.39 is 5.97 Å². The summed E-state index contributed by atoms with van der Waals surface area (Å²) in [5.74, 6) is -0.882. The molecule has 0 fully saturated rings. The van der Waals surface area contributed by atoms with Crippen LogP contribution in [0.5, 0.6) is 0 Å². The summed E-state index contributed by atoms with van der Waals surface area (Å²) in [4.78, 5) is 21.0. The van der Waals surface area contributed by atoms with Gasteiger partial charge in [-0.15, -0.1) is 11.3 Å². The molecule has 1 N–H and O–H groups in total. The predicted molar refractivity (Wildman–Crippen MR) is 93.1 cm³/mol. The summed E-state index contributed by atoms with van der Waals surface area (Å²) in [5, 5.41) is 11.4. The maximum Gasteiger partial charge on any atom is 0.309 e. The lowest BCUT2D eigenvalue weighted by atomic mass is 10.1. The maximum atomic E-state index is 11.4. The molecule has 4 rings (SSSR count). The van der Waals surface area contributed by atoms with Crippen LogP contribution in [0, 0.1) is 0 Å². The first-order valence-corrected chi connectivity index (χ1v) is 8.28. The van der Waals surface area contributed by atoms with Crippen LogP contribution >= 0.6 is 11.3 Å². The third kappa shape index (κ3) is 2.47. The Bertz CT molecular complexity index is 1010. The van der Waals surface area contributed by atoms with Gasteiger partial charge in [-0.2, -0.15) is 0 Å². The van der Waals surface area contributed by atoms with E-state index in [0.29, 0.717) is 11.4 Å². The van der Waals surface area contributed by atoms with Gasteiger partial charge in [0.25, 0.3) is 0 Å². The second-order valence-electron chi connectivity index (χ2n) is 5.32. The lowest BCUT2D eigenvalue weighted by Gasteiger charge is -2.05. The van der Waals surface area contributed by atoms with E-state index in [0.717, 1.165) is 21.8 Å². The zero-order valence-electron chi connectivity index (χ0n) is 12.6. The molecule has 0 spiro atoms. The fraction of sp³-hybridized carbons (Fsp3) is 0.0556. The number of benzene rings is 1. The van der Waals surface area contributed by atoms with E-state index in [4.69, 9.17) is 0 Å². The number of aliphatic carboxylic acids is 1. The van der Waals surface area contributed by atoms with Gasteiger partial charge in [-0.1, -0.05) is 30.3 Å². The molecule has 0 radical (unpaired) electrons. The number of fused-ring (bicyclic) bond motifs is 1. The highest BCUT2D eigenvalue weighted by molar-refractivity contribution is 7.15. The molecule has 0 amide bonds. The number of imidazole rings is 1. The molecule has 0 bridgehead atoms. The Morgan fingerprint density at radius 2 is 1.92 bits per heavy atom. The Balaban J connectivity index is 1.99. The van der Waals surface area contributed by atoms with Gasteiger partial charge in [0, 0.05) is 23.3 Å². The van der Waals surface area contributed by atoms with Crippen LogP contribution < -0.4 is 0 Å². The van der Waals surface area contributed by atoms with Crippen LogP contribution in [0.4, 0.5) is 0 Å². The van der Waals surface area contributed by atoms with E-state index in [1.807, 2.05) is 52.2 Å². The standard InChI is InChI=1S/C18H13N3O2S/c22-16(23)9-14-17(13-7-4-8-19-10-13)20-18-21(14)15(11-24-18)12-5-2-1-3-6-12/h1-8,10-11H,9H2,(H,22,23). The van der Waals surface area contributed by atoms with Crippen molar-refractivity contribution in [2.75, 3.05) is 0 Å².